The molecule has 14 aromatic rings. The molecular formula is C87H116BCl2N29O11S3Si3. The summed E-state index contributed by atoms with van der Waals surface area (Å²) in [5.74, 6) is 0.223. The predicted molar refractivity (Wildman–Crippen MR) is 530 cm³/mol. The number of aromatic nitrogens is 23. The van der Waals surface area contributed by atoms with Crippen LogP contribution in [0.5, 0.6) is 0 Å². The van der Waals surface area contributed by atoms with Crippen molar-refractivity contribution in [1.29, 1.82) is 15.8 Å². The van der Waals surface area contributed by atoms with Crippen molar-refractivity contribution >= 4 is 146 Å². The Morgan fingerprint density at radius 2 is 0.882 bits per heavy atom. The Bertz CT molecular complexity index is 6890. The number of pyridine rings is 5. The number of nitrogens with zero attached hydrogens (tertiary/aromatic N) is 25. The molecule has 0 saturated carbocycles. The van der Waals surface area contributed by atoms with Gasteiger partial charge in [0.1, 0.15) is 53.3 Å². The minimum absolute atomic E-state index is 0.0412. The van der Waals surface area contributed by atoms with Crippen molar-refractivity contribution in [2.75, 3.05) is 76.3 Å². The lowest BCUT2D eigenvalue weighted by atomic mass is 9.82. The molecule has 4 saturated heterocycles. The number of nitrogens with one attached hydrogen (secondary N) is 4. The molecule has 40 nitrogen and oxygen atoms in total. The summed E-state index contributed by atoms with van der Waals surface area (Å²) in [6, 6.07) is 18.8. The molecular weight excluding hydrogens is 1890 g/mol. The summed E-state index contributed by atoms with van der Waals surface area (Å²) in [6.07, 6.45) is 33.0. The molecule has 0 unspecified atom stereocenters. The molecule has 0 radical (unpaired) electrons. The fraction of sp³-hybridized carbons (Fsp3) is 0.460. The highest BCUT2D eigenvalue weighted by atomic mass is 35.5. The lowest BCUT2D eigenvalue weighted by Gasteiger charge is -2.47. The zero-order chi connectivity index (χ0) is 98.2. The molecule has 722 valence electrons. The van der Waals surface area contributed by atoms with Crippen LogP contribution in [-0.2, 0) is 84.9 Å². The Hall–Kier alpha value is -11.0. The molecule has 18 rings (SSSR count). The SMILES string of the molecule is CC1(C)OB(c2cn[nH]c2)OC1(C)C.CCS(=O)(=O)N1CC(=CC#N)C1.CCS(=O)(=O)N1CC(CC#N)(n2cc(-c3ccnc4c3ncn4COCC[Si](C)(C)C)cn2)C1.CCS(=O)(=O)N1CC(CC#N)(n2cc(-c3ccnc4nc[nH]c34)cn2)C1.C[Si](C)(C)CCOCn1cnc2c(-c3cn[nH]c3)ccnc21.C[Si](C)(C)CCOCn1cnc2c(Cl)ccnc21.Clc1ccnc2nc[nH]c12. The number of hydrogen-bond acceptors (Lipinski definition) is 28. The second-order valence-corrected chi connectivity index (χ2v) is 62.0. The Morgan fingerprint density at radius 3 is 1.32 bits per heavy atom. The first-order valence-electron chi connectivity index (χ1n) is 44.2. The highest BCUT2D eigenvalue weighted by Crippen LogP contribution is 2.40. The van der Waals surface area contributed by atoms with Crippen LogP contribution in [0.3, 0.4) is 0 Å². The van der Waals surface area contributed by atoms with Crippen molar-refractivity contribution in [3.05, 3.63) is 164 Å². The van der Waals surface area contributed by atoms with Crippen molar-refractivity contribution in [3.63, 3.8) is 0 Å². The van der Waals surface area contributed by atoms with E-state index in [4.69, 9.17) is 52.0 Å². The first-order valence-corrected chi connectivity index (χ1v) is 60.9. The van der Waals surface area contributed by atoms with Crippen LogP contribution in [0.1, 0.15) is 61.3 Å². The summed E-state index contributed by atoms with van der Waals surface area (Å²) in [6.45, 7) is 39.5. The van der Waals surface area contributed by atoms with Crippen molar-refractivity contribution in [2.24, 2.45) is 0 Å². The molecule has 18 heterocycles. The Balaban J connectivity index is 0.000000148. The number of nitriles is 3. The third kappa shape index (κ3) is 25.7. The number of rotatable bonds is 29. The second-order valence-electron chi connectivity index (χ2n) is 37.6. The number of ether oxygens (including phenoxy) is 3. The quantitative estimate of drug-likeness (QED) is 0.0192. The molecule has 0 amide bonds. The zero-order valence-electron chi connectivity index (χ0n) is 79.2. The van der Waals surface area contributed by atoms with E-state index in [2.05, 4.69) is 161 Å². The van der Waals surface area contributed by atoms with Crippen LogP contribution in [0.2, 0.25) is 87.1 Å². The topological polar surface area (TPSA) is 498 Å². The van der Waals surface area contributed by atoms with E-state index in [-0.39, 0.29) is 74.6 Å². The fourth-order valence-electron chi connectivity index (χ4n) is 14.3. The van der Waals surface area contributed by atoms with Crippen LogP contribution in [0, 0.1) is 34.0 Å². The van der Waals surface area contributed by atoms with Gasteiger partial charge in [0.25, 0.3) is 0 Å². The first-order chi connectivity index (χ1) is 64.5. The van der Waals surface area contributed by atoms with Gasteiger partial charge >= 0.3 is 7.12 Å². The molecule has 4 aliphatic rings. The molecule has 0 atom stereocenters. The maximum Gasteiger partial charge on any atom is 0.498 e. The Morgan fingerprint density at radius 1 is 0.485 bits per heavy atom. The summed E-state index contributed by atoms with van der Waals surface area (Å²) in [5, 5.41) is 50.5. The highest BCUT2D eigenvalue weighted by molar-refractivity contribution is 7.89. The summed E-state index contributed by atoms with van der Waals surface area (Å²) in [5.41, 5.74) is 13.1. The highest BCUT2D eigenvalue weighted by Gasteiger charge is 2.53. The Labute approximate surface area is 804 Å². The van der Waals surface area contributed by atoms with Crippen molar-refractivity contribution in [2.45, 2.75) is 181 Å². The van der Waals surface area contributed by atoms with Gasteiger partial charge in [-0.3, -0.25) is 33.3 Å². The molecule has 49 heteroatoms. The maximum atomic E-state index is 12.2. The van der Waals surface area contributed by atoms with Gasteiger partial charge in [-0.1, -0.05) is 82.1 Å². The van der Waals surface area contributed by atoms with Gasteiger partial charge < -0.3 is 33.5 Å². The van der Waals surface area contributed by atoms with E-state index in [0.29, 0.717) is 61.2 Å². The van der Waals surface area contributed by atoms with Crippen LogP contribution >= 0.6 is 23.2 Å². The number of halogens is 2. The van der Waals surface area contributed by atoms with Crippen LogP contribution in [0.25, 0.3) is 89.2 Å². The van der Waals surface area contributed by atoms with Gasteiger partial charge in [-0.15, -0.1) is 0 Å². The molecule has 0 aliphatic carbocycles. The molecule has 14 aromatic heterocycles. The summed E-state index contributed by atoms with van der Waals surface area (Å²) in [4.78, 5) is 48.7. The van der Waals surface area contributed by atoms with Gasteiger partial charge in [-0.25, -0.2) is 75.1 Å². The van der Waals surface area contributed by atoms with E-state index < -0.39 is 65.4 Å². The Kier molecular flexibility index (Phi) is 33.8. The molecule has 136 heavy (non-hydrogen) atoms. The lowest BCUT2D eigenvalue weighted by molar-refractivity contribution is 0.00578. The monoisotopic (exact) mass is 2000 g/mol. The number of hydrogen-bond donors (Lipinski definition) is 4. The number of fused-ring (bicyclic) bond motifs is 5. The summed E-state index contributed by atoms with van der Waals surface area (Å²) in [7, 11) is -13.1. The molecule has 4 aliphatic heterocycles. The largest absolute Gasteiger partial charge is 0.498 e. The number of H-pyrrole nitrogens is 4. The fourth-order valence-corrected chi connectivity index (χ4v) is 20.5. The predicted octanol–water partition coefficient (Wildman–Crippen LogP) is 12.9. The molecule has 0 aromatic carbocycles. The lowest BCUT2D eigenvalue weighted by Crippen LogP contribution is -2.64. The average molecular weight is 2010 g/mol. The van der Waals surface area contributed by atoms with E-state index in [9.17, 15) is 35.8 Å². The van der Waals surface area contributed by atoms with Gasteiger partial charge in [0.15, 0.2) is 28.2 Å². The summed E-state index contributed by atoms with van der Waals surface area (Å²) < 4.78 is 113. The van der Waals surface area contributed by atoms with Crippen LogP contribution in [-0.4, -0.2) is 271 Å². The van der Waals surface area contributed by atoms with Gasteiger partial charge in [0.2, 0.25) is 30.1 Å². The van der Waals surface area contributed by atoms with Crippen LogP contribution in [0.4, 0.5) is 0 Å². The summed E-state index contributed by atoms with van der Waals surface area (Å²) >= 11 is 11.8. The minimum Gasteiger partial charge on any atom is -0.399 e. The standard InChI is InChI=1S/C22H31N7O3SSi.C16H17N7O2S.C15H21N5OSi.C12H18ClN3OSi.C9H15BN2O2.C7H10N2O2S.C6H4ClN3/c1-5-33(30,31)28-14-22(15-28,7-8-23)29-13-18(12-26-29)19-6-9-24-21-20(19)25-16-27(21)17-32-10-11-34(2,3)4;1-2-26(24,25)22-9-16(10-22,4-5-17)23-8-12(7-21-23)13-3-6-18-15-14(13)19-11-20-15;1-22(2,3)7-6-21-11-20-10-17-14-13(4-5-16-15(14)20)12-8-18-19-9-12;1-18(2,3)7-6-17-9-16-8-15-11-10(13)4-5-14-12(11)16;1-8(2)9(3,4)14-10(13-8)7-5-11-12-6-7;1-2-12(10,11)9-5-7(6-9)3-4-8;7-4-1-2-8-6-5(4)9-3-10-6/h6,9,12-13,16H,5,7,10-11,14-15,17H2,1-4H3;3,6-8,11H,2,4,9-10H2,1H3,(H,18,19,20);4-5,8-10H,6-7,11H2,1-3H3,(H,18,19);4-5,8H,6-7,9H2,1-3H3;5-6H,1-4H3,(H,11,12);3H,2,5-6H2,1H3;1-3H,(H,8,9,10). The van der Waals surface area contributed by atoms with Crippen molar-refractivity contribution in [1.82, 2.24) is 126 Å². The van der Waals surface area contributed by atoms with E-state index >= 15 is 0 Å². The minimum atomic E-state index is -3.30. The maximum absolute atomic E-state index is 12.2. The third-order valence-electron chi connectivity index (χ3n) is 23.4. The zero-order valence-corrected chi connectivity index (χ0v) is 86.2. The molecule has 0 bridgehead atoms. The van der Waals surface area contributed by atoms with Crippen molar-refractivity contribution < 1.29 is 48.8 Å². The van der Waals surface area contributed by atoms with Crippen LogP contribution < -0.4 is 5.46 Å². The van der Waals surface area contributed by atoms with E-state index in [1.165, 1.54) is 19.0 Å². The van der Waals surface area contributed by atoms with E-state index in [1.54, 1.807) is 136 Å². The van der Waals surface area contributed by atoms with E-state index in [1.807, 2.05) is 84.3 Å². The molecule has 0 spiro atoms. The van der Waals surface area contributed by atoms with E-state index in [0.717, 1.165) is 120 Å². The average Bonchev–Trinajstić information content (AvgIpc) is 1.50. The first kappa shape index (κ1) is 104. The number of allylic oxidation sites excluding steroid dienone is 1. The number of aromatic amines is 4. The normalized spacial score (nSPS) is 15.8. The number of sulfonamides is 3. The third-order valence-corrected chi connectivity index (χ3v) is 34.4. The van der Waals surface area contributed by atoms with Crippen LogP contribution in [0.15, 0.2) is 154 Å². The van der Waals surface area contributed by atoms with Gasteiger partial charge in [0, 0.05) is 190 Å². The molecule has 4 N–H and O–H groups in total. The van der Waals surface area contributed by atoms with Gasteiger partial charge in [-0.05, 0) is 103 Å². The smallest absolute Gasteiger partial charge is 0.399 e. The second kappa shape index (κ2) is 44.2. The van der Waals surface area contributed by atoms with Gasteiger partial charge in [0.05, 0.1) is 125 Å². The number of imidazole rings is 5. The molecule has 4 fully saturated rings. The van der Waals surface area contributed by atoms with Crippen molar-refractivity contribution in [3.8, 4) is 51.6 Å². The van der Waals surface area contributed by atoms with Gasteiger partial charge in [-0.2, -0.15) is 49.1 Å².